The Balaban J connectivity index is 0. The summed E-state index contributed by atoms with van der Waals surface area (Å²) in [5, 5.41) is 8.01. The molecule has 152 valence electrons. The maximum Gasteiger partial charge on any atom is 0.456 e. The van der Waals surface area contributed by atoms with E-state index in [0.717, 1.165) is 0 Å². The van der Waals surface area contributed by atoms with Crippen molar-refractivity contribution < 1.29 is 63.3 Å². The molecule has 0 heterocycles. The third kappa shape index (κ3) is 8.71. The Kier molecular flexibility index (Phi) is 8.88. The molecule has 0 aromatic rings. The zero-order chi connectivity index (χ0) is 21.6. The first-order chi connectivity index (χ1) is 11.3. The molecule has 0 aliphatic rings. The first-order valence-corrected chi connectivity index (χ1v) is 5.88. The second kappa shape index (κ2) is 8.89. The second-order valence-electron chi connectivity index (χ2n) is 4.30. The highest BCUT2D eigenvalue weighted by molar-refractivity contribution is 5.85. The summed E-state index contributed by atoms with van der Waals surface area (Å²) < 4.78 is 120. The SMILES string of the molecule is C=C(CC(F)(F)C(F)(F)F)C(=O)O.C=CC(=O)OCC(F)(F)C(F)(F)F. The van der Waals surface area contributed by atoms with Crippen LogP contribution in [0, 0.1) is 0 Å². The van der Waals surface area contributed by atoms with E-state index >= 15 is 0 Å². The molecule has 0 aromatic carbocycles. The zero-order valence-electron chi connectivity index (χ0n) is 12.4. The van der Waals surface area contributed by atoms with Crippen molar-refractivity contribution >= 4 is 11.9 Å². The van der Waals surface area contributed by atoms with Crippen molar-refractivity contribution in [3.63, 3.8) is 0 Å². The van der Waals surface area contributed by atoms with Gasteiger partial charge in [-0.2, -0.15) is 43.9 Å². The van der Waals surface area contributed by atoms with Gasteiger partial charge in [-0.3, -0.25) is 0 Å². The van der Waals surface area contributed by atoms with Crippen LogP contribution in [0.5, 0.6) is 0 Å². The zero-order valence-corrected chi connectivity index (χ0v) is 12.4. The van der Waals surface area contributed by atoms with Gasteiger partial charge in [-0.15, -0.1) is 0 Å². The molecule has 0 aliphatic carbocycles. The van der Waals surface area contributed by atoms with E-state index in [4.69, 9.17) is 5.11 Å². The normalized spacial score (nSPS) is 12.5. The van der Waals surface area contributed by atoms with Crippen molar-refractivity contribution in [2.24, 2.45) is 0 Å². The summed E-state index contributed by atoms with van der Waals surface area (Å²) in [6, 6.07) is 0. The van der Waals surface area contributed by atoms with Gasteiger partial charge in [-0.25, -0.2) is 9.59 Å². The molecule has 0 rings (SSSR count). The second-order valence-corrected chi connectivity index (χ2v) is 4.30. The van der Waals surface area contributed by atoms with E-state index in [0.29, 0.717) is 6.08 Å². The van der Waals surface area contributed by atoms with Crippen LogP contribution < -0.4 is 0 Å². The fourth-order valence-electron chi connectivity index (χ4n) is 0.746. The lowest BCUT2D eigenvalue weighted by molar-refractivity contribution is -0.293. The average molecular weight is 408 g/mol. The predicted molar refractivity (Wildman–Crippen MR) is 64.6 cm³/mol. The Bertz CT molecular complexity index is 531. The van der Waals surface area contributed by atoms with Crippen molar-refractivity contribution in [3.05, 3.63) is 24.8 Å². The molecule has 0 bridgehead atoms. The lowest BCUT2D eigenvalue weighted by Gasteiger charge is -2.18. The van der Waals surface area contributed by atoms with Gasteiger partial charge >= 0.3 is 36.1 Å². The van der Waals surface area contributed by atoms with Gasteiger partial charge in [0.1, 0.15) is 0 Å². The number of hydrogen-bond donors (Lipinski definition) is 1. The molecule has 0 saturated heterocycles. The molecule has 0 radical (unpaired) electrons. The number of rotatable bonds is 6. The Labute approximate surface area is 138 Å². The third-order valence-electron chi connectivity index (χ3n) is 2.13. The molecule has 0 aliphatic heterocycles. The van der Waals surface area contributed by atoms with Gasteiger partial charge in [0.2, 0.25) is 0 Å². The molecule has 0 aromatic heterocycles. The summed E-state index contributed by atoms with van der Waals surface area (Å²) in [5.41, 5.74) is -1.18. The maximum atomic E-state index is 12.1. The number of carbonyl (C=O) groups is 2. The van der Waals surface area contributed by atoms with Crippen molar-refractivity contribution in [3.8, 4) is 0 Å². The molecule has 14 heteroatoms. The van der Waals surface area contributed by atoms with Crippen LogP contribution >= 0.6 is 0 Å². The van der Waals surface area contributed by atoms with Gasteiger partial charge in [0, 0.05) is 11.6 Å². The van der Waals surface area contributed by atoms with Gasteiger partial charge in [-0.05, 0) is 0 Å². The summed E-state index contributed by atoms with van der Waals surface area (Å²) in [4.78, 5) is 20.0. The van der Waals surface area contributed by atoms with Crippen molar-refractivity contribution in [2.45, 2.75) is 30.6 Å². The predicted octanol–water partition coefficient (Wildman–Crippen LogP) is 4.13. The van der Waals surface area contributed by atoms with E-state index in [9.17, 15) is 53.5 Å². The summed E-state index contributed by atoms with van der Waals surface area (Å²) in [6.07, 6.45) is -12.9. The number of alkyl halides is 10. The number of carbonyl (C=O) groups excluding carboxylic acids is 1. The van der Waals surface area contributed by atoms with E-state index in [-0.39, 0.29) is 0 Å². The summed E-state index contributed by atoms with van der Waals surface area (Å²) in [6.45, 7) is 3.37. The van der Waals surface area contributed by atoms with E-state index in [1.165, 1.54) is 0 Å². The Morgan fingerprint density at radius 1 is 0.885 bits per heavy atom. The molecule has 0 unspecified atom stereocenters. The van der Waals surface area contributed by atoms with E-state index in [1.807, 2.05) is 0 Å². The Hall–Kier alpha value is -2.28. The number of aliphatic carboxylic acids is 1. The maximum absolute atomic E-state index is 12.1. The van der Waals surface area contributed by atoms with Gasteiger partial charge in [-0.1, -0.05) is 13.2 Å². The fourth-order valence-corrected chi connectivity index (χ4v) is 0.746. The lowest BCUT2D eigenvalue weighted by Crippen LogP contribution is -2.41. The molecule has 26 heavy (non-hydrogen) atoms. The number of carboxylic acids is 1. The number of halogens is 10. The highest BCUT2D eigenvalue weighted by Crippen LogP contribution is 2.39. The van der Waals surface area contributed by atoms with Gasteiger partial charge < -0.3 is 9.84 Å². The molecule has 0 spiro atoms. The van der Waals surface area contributed by atoms with E-state index in [1.54, 1.807) is 0 Å². The minimum Gasteiger partial charge on any atom is -0.478 e. The fraction of sp³-hybridized carbons (Fsp3) is 0.500. The number of hydrogen-bond acceptors (Lipinski definition) is 3. The first-order valence-electron chi connectivity index (χ1n) is 5.88. The van der Waals surface area contributed by atoms with Crippen LogP contribution in [0.1, 0.15) is 6.42 Å². The molecule has 0 amide bonds. The number of carboxylic acid groups (broad SMARTS) is 1. The van der Waals surface area contributed by atoms with Crippen molar-refractivity contribution in [1.82, 2.24) is 0 Å². The van der Waals surface area contributed by atoms with E-state index in [2.05, 4.69) is 17.9 Å². The molecule has 0 fully saturated rings. The standard InChI is InChI=1S/2C6H5F5O2/c1-3(4(12)13)2-5(7,8)6(9,10)11;1-2-4(12)13-3-5(7,8)6(9,10)11/h1-2H2,(H,12,13);2H,1,3H2. The van der Waals surface area contributed by atoms with Gasteiger partial charge in [0.15, 0.2) is 6.61 Å². The van der Waals surface area contributed by atoms with Crippen LogP contribution in [0.2, 0.25) is 0 Å². The quantitative estimate of drug-likeness (QED) is 0.408. The molecular formula is C12H10F10O4. The highest BCUT2D eigenvalue weighted by atomic mass is 19.4. The topological polar surface area (TPSA) is 63.6 Å². The number of ether oxygens (including phenoxy) is 1. The van der Waals surface area contributed by atoms with Crippen LogP contribution in [-0.2, 0) is 14.3 Å². The minimum atomic E-state index is -5.74. The first kappa shape index (κ1) is 26.0. The lowest BCUT2D eigenvalue weighted by atomic mass is 10.1. The van der Waals surface area contributed by atoms with E-state index < -0.39 is 54.7 Å². The minimum absolute atomic E-state index is 0.493. The van der Waals surface area contributed by atoms with Crippen LogP contribution in [0.3, 0.4) is 0 Å². The smallest absolute Gasteiger partial charge is 0.456 e. The average Bonchev–Trinajstić information content (AvgIpc) is 2.42. The van der Waals surface area contributed by atoms with Crippen LogP contribution in [0.15, 0.2) is 24.8 Å². The highest BCUT2D eigenvalue weighted by Gasteiger charge is 2.58. The monoisotopic (exact) mass is 408 g/mol. The molecule has 4 nitrogen and oxygen atoms in total. The molecular weight excluding hydrogens is 398 g/mol. The van der Waals surface area contributed by atoms with Crippen molar-refractivity contribution in [1.29, 1.82) is 0 Å². The van der Waals surface area contributed by atoms with Gasteiger partial charge in [0.05, 0.1) is 6.42 Å². The summed E-state index contributed by atoms with van der Waals surface area (Å²) in [5.74, 6) is -13.3. The Morgan fingerprint density at radius 2 is 1.27 bits per heavy atom. The third-order valence-corrected chi connectivity index (χ3v) is 2.13. The van der Waals surface area contributed by atoms with Crippen LogP contribution in [0.25, 0.3) is 0 Å². The molecule has 0 atom stereocenters. The largest absolute Gasteiger partial charge is 0.478 e. The summed E-state index contributed by atoms with van der Waals surface area (Å²) in [7, 11) is 0. The number of esters is 1. The molecule has 1 N–H and O–H groups in total. The van der Waals surface area contributed by atoms with Gasteiger partial charge in [0.25, 0.3) is 0 Å². The van der Waals surface area contributed by atoms with Crippen LogP contribution in [-0.4, -0.2) is 47.8 Å². The van der Waals surface area contributed by atoms with Crippen LogP contribution in [0.4, 0.5) is 43.9 Å². The summed E-state index contributed by atoms with van der Waals surface area (Å²) >= 11 is 0. The van der Waals surface area contributed by atoms with Crippen molar-refractivity contribution in [2.75, 3.05) is 6.61 Å². The molecule has 0 saturated carbocycles. The Morgan fingerprint density at radius 3 is 1.54 bits per heavy atom.